The Kier molecular flexibility index (Phi) is 3.00. The third kappa shape index (κ3) is 2.17. The first-order valence-corrected chi connectivity index (χ1v) is 4.92. The molecule has 0 aliphatic rings. The Morgan fingerprint density at radius 2 is 2.06 bits per heavy atom. The molecule has 92 valence electrons. The molecule has 0 bridgehead atoms. The Morgan fingerprint density at radius 1 is 1.39 bits per heavy atom. The molecule has 1 aromatic carbocycles. The van der Waals surface area contributed by atoms with Crippen LogP contribution in [0.2, 0.25) is 0 Å². The van der Waals surface area contributed by atoms with E-state index in [9.17, 15) is 14.9 Å². The van der Waals surface area contributed by atoms with Gasteiger partial charge in [0, 0.05) is 24.7 Å². The van der Waals surface area contributed by atoms with E-state index in [4.69, 9.17) is 4.52 Å². The van der Waals surface area contributed by atoms with E-state index in [1.807, 2.05) is 0 Å². The Balaban J connectivity index is 2.29. The number of rotatable bonds is 3. The fraction of sp³-hybridized carbons (Fsp3) is 0.100. The molecular weight excluding hydrogens is 240 g/mol. The third-order valence-corrected chi connectivity index (χ3v) is 2.18. The minimum atomic E-state index is -0.506. The summed E-state index contributed by atoms with van der Waals surface area (Å²) in [5.41, 5.74) is 0.466. The zero-order valence-corrected chi connectivity index (χ0v) is 9.28. The van der Waals surface area contributed by atoms with Crippen LogP contribution in [0.5, 0.6) is 0 Å². The van der Waals surface area contributed by atoms with Crippen LogP contribution in [0.3, 0.4) is 0 Å². The van der Waals surface area contributed by atoms with E-state index in [0.717, 1.165) is 0 Å². The van der Waals surface area contributed by atoms with E-state index >= 15 is 0 Å². The summed E-state index contributed by atoms with van der Waals surface area (Å²) in [5.74, 6) is -0.429. The number of nitro benzene ring substituents is 1. The number of non-ortho nitro benzene ring substituents is 1. The predicted molar refractivity (Wildman–Crippen MR) is 59.8 cm³/mol. The van der Waals surface area contributed by atoms with Gasteiger partial charge in [-0.05, 0) is 12.1 Å². The highest BCUT2D eigenvalue weighted by Gasteiger charge is 2.15. The van der Waals surface area contributed by atoms with Crippen molar-refractivity contribution in [1.82, 2.24) is 15.5 Å². The Morgan fingerprint density at radius 3 is 2.61 bits per heavy atom. The van der Waals surface area contributed by atoms with E-state index in [1.165, 1.54) is 31.3 Å². The van der Waals surface area contributed by atoms with Crippen LogP contribution < -0.4 is 5.32 Å². The minimum absolute atomic E-state index is 0.0372. The van der Waals surface area contributed by atoms with Crippen molar-refractivity contribution in [2.45, 2.75) is 0 Å². The maximum absolute atomic E-state index is 11.2. The first-order chi connectivity index (χ1) is 8.61. The molecule has 0 radical (unpaired) electrons. The quantitative estimate of drug-likeness (QED) is 0.640. The number of nitrogens with one attached hydrogen (secondary N) is 1. The van der Waals surface area contributed by atoms with Gasteiger partial charge in [-0.3, -0.25) is 14.9 Å². The van der Waals surface area contributed by atoms with Gasteiger partial charge in [-0.25, -0.2) is 0 Å². The first-order valence-electron chi connectivity index (χ1n) is 4.92. The topological polar surface area (TPSA) is 111 Å². The van der Waals surface area contributed by atoms with Crippen LogP contribution in [-0.4, -0.2) is 28.0 Å². The lowest BCUT2D eigenvalue weighted by atomic mass is 10.2. The van der Waals surface area contributed by atoms with Crippen LogP contribution in [0.1, 0.15) is 10.6 Å². The lowest BCUT2D eigenvalue weighted by molar-refractivity contribution is -0.384. The second-order valence-electron chi connectivity index (χ2n) is 3.31. The molecule has 2 rings (SSSR count). The number of nitrogens with zero attached hydrogens (tertiary/aromatic N) is 3. The molecule has 1 amide bonds. The molecule has 18 heavy (non-hydrogen) atoms. The molecule has 1 heterocycles. The molecular formula is C10H8N4O4. The van der Waals surface area contributed by atoms with Crippen molar-refractivity contribution in [3.63, 3.8) is 0 Å². The molecule has 0 unspecified atom stereocenters. The van der Waals surface area contributed by atoms with E-state index in [0.29, 0.717) is 5.56 Å². The van der Waals surface area contributed by atoms with Crippen LogP contribution in [0.4, 0.5) is 5.69 Å². The van der Waals surface area contributed by atoms with Crippen molar-refractivity contribution >= 4 is 11.6 Å². The number of aromatic nitrogens is 2. The summed E-state index contributed by atoms with van der Waals surface area (Å²) in [7, 11) is 1.45. The predicted octanol–water partition coefficient (Wildman–Crippen LogP) is 1.00. The van der Waals surface area contributed by atoms with Crippen molar-refractivity contribution in [3.05, 3.63) is 40.2 Å². The van der Waals surface area contributed by atoms with Crippen molar-refractivity contribution in [3.8, 4) is 11.5 Å². The average Bonchev–Trinajstić information content (AvgIpc) is 2.87. The SMILES string of the molecule is CNC(=O)c1noc(-c2ccc([N+](=O)[O-])cc2)n1. The normalized spacial score (nSPS) is 10.1. The number of carbonyl (C=O) groups excluding carboxylic acids is 1. The zero-order valence-electron chi connectivity index (χ0n) is 9.28. The average molecular weight is 248 g/mol. The molecule has 0 fully saturated rings. The van der Waals surface area contributed by atoms with E-state index < -0.39 is 10.8 Å². The van der Waals surface area contributed by atoms with Gasteiger partial charge in [0.25, 0.3) is 23.3 Å². The van der Waals surface area contributed by atoms with Crippen LogP contribution in [0, 0.1) is 10.1 Å². The van der Waals surface area contributed by atoms with Crippen molar-refractivity contribution < 1.29 is 14.2 Å². The first kappa shape index (κ1) is 11.7. The Hall–Kier alpha value is -2.77. The van der Waals surface area contributed by atoms with Crippen LogP contribution in [0.15, 0.2) is 28.8 Å². The molecule has 0 spiro atoms. The van der Waals surface area contributed by atoms with Gasteiger partial charge in [-0.15, -0.1) is 0 Å². The van der Waals surface area contributed by atoms with Crippen molar-refractivity contribution in [2.24, 2.45) is 0 Å². The lowest BCUT2D eigenvalue weighted by Crippen LogP contribution is -2.19. The van der Waals surface area contributed by atoms with Gasteiger partial charge >= 0.3 is 0 Å². The largest absolute Gasteiger partial charge is 0.352 e. The molecule has 0 aliphatic carbocycles. The van der Waals surface area contributed by atoms with Gasteiger partial charge < -0.3 is 9.84 Å². The van der Waals surface area contributed by atoms with Crippen molar-refractivity contribution in [1.29, 1.82) is 0 Å². The number of hydrogen-bond acceptors (Lipinski definition) is 6. The summed E-state index contributed by atoms with van der Waals surface area (Å²) in [6, 6.07) is 5.58. The molecule has 1 aromatic heterocycles. The molecule has 0 saturated carbocycles. The van der Waals surface area contributed by atoms with Gasteiger partial charge in [-0.2, -0.15) is 4.98 Å². The van der Waals surface area contributed by atoms with Gasteiger partial charge in [0.2, 0.25) is 0 Å². The Bertz CT molecular complexity index is 590. The standard InChI is InChI=1S/C10H8N4O4/c1-11-9(15)8-12-10(18-13-8)6-2-4-7(5-3-6)14(16)17/h2-5H,1H3,(H,11,15). The highest BCUT2D eigenvalue weighted by molar-refractivity contribution is 5.90. The lowest BCUT2D eigenvalue weighted by Gasteiger charge is -1.93. The molecule has 8 nitrogen and oxygen atoms in total. The maximum atomic E-state index is 11.2. The number of benzene rings is 1. The number of nitro groups is 1. The molecule has 2 aromatic rings. The molecule has 8 heteroatoms. The second kappa shape index (κ2) is 4.62. The summed E-state index contributed by atoms with van der Waals surface area (Å²) >= 11 is 0. The summed E-state index contributed by atoms with van der Waals surface area (Å²) in [6.07, 6.45) is 0. The van der Waals surface area contributed by atoms with Crippen LogP contribution in [0.25, 0.3) is 11.5 Å². The molecule has 0 atom stereocenters. The summed E-state index contributed by atoms with van der Waals surface area (Å²) in [5, 5.41) is 16.3. The van der Waals surface area contributed by atoms with E-state index in [2.05, 4.69) is 15.5 Å². The van der Waals surface area contributed by atoms with E-state index in [-0.39, 0.29) is 17.4 Å². The van der Waals surface area contributed by atoms with Gasteiger partial charge in [0.05, 0.1) is 4.92 Å². The summed E-state index contributed by atoms with van der Waals surface area (Å²) in [4.78, 5) is 25.1. The zero-order chi connectivity index (χ0) is 13.1. The monoisotopic (exact) mass is 248 g/mol. The minimum Gasteiger partial charge on any atom is -0.352 e. The van der Waals surface area contributed by atoms with E-state index in [1.54, 1.807) is 0 Å². The van der Waals surface area contributed by atoms with Crippen molar-refractivity contribution in [2.75, 3.05) is 7.05 Å². The number of carbonyl (C=O) groups is 1. The van der Waals surface area contributed by atoms with Gasteiger partial charge in [-0.1, -0.05) is 5.16 Å². The summed E-state index contributed by atoms with van der Waals surface area (Å²) in [6.45, 7) is 0. The summed E-state index contributed by atoms with van der Waals surface area (Å²) < 4.78 is 4.88. The second-order valence-corrected chi connectivity index (χ2v) is 3.31. The van der Waals surface area contributed by atoms with Gasteiger partial charge in [0.15, 0.2) is 0 Å². The highest BCUT2D eigenvalue weighted by Crippen LogP contribution is 2.20. The third-order valence-electron chi connectivity index (χ3n) is 2.18. The smallest absolute Gasteiger partial charge is 0.292 e. The fourth-order valence-electron chi connectivity index (χ4n) is 1.27. The van der Waals surface area contributed by atoms with Crippen LogP contribution in [-0.2, 0) is 0 Å². The maximum Gasteiger partial charge on any atom is 0.292 e. The molecule has 0 aliphatic heterocycles. The highest BCUT2D eigenvalue weighted by atomic mass is 16.6. The number of amides is 1. The fourth-order valence-corrected chi connectivity index (χ4v) is 1.27. The number of hydrogen-bond donors (Lipinski definition) is 1. The van der Waals surface area contributed by atoms with Crippen LogP contribution >= 0.6 is 0 Å². The molecule has 0 saturated heterocycles. The van der Waals surface area contributed by atoms with Gasteiger partial charge in [0.1, 0.15) is 0 Å². The Labute approximate surface area is 101 Å². The molecule has 1 N–H and O–H groups in total.